The molecule has 0 radical (unpaired) electrons. The molecular formula is C11H18N2O. The van der Waals surface area contributed by atoms with Crippen molar-refractivity contribution in [2.24, 2.45) is 5.73 Å². The van der Waals surface area contributed by atoms with E-state index < -0.39 is 0 Å². The van der Waals surface area contributed by atoms with Crippen LogP contribution in [-0.2, 0) is 4.74 Å². The van der Waals surface area contributed by atoms with Crippen LogP contribution >= 0.6 is 0 Å². The summed E-state index contributed by atoms with van der Waals surface area (Å²) in [4.78, 5) is 4.01. The zero-order valence-corrected chi connectivity index (χ0v) is 9.03. The monoisotopic (exact) mass is 194 g/mol. The average Bonchev–Trinajstić information content (AvgIpc) is 2.14. The van der Waals surface area contributed by atoms with Crippen molar-refractivity contribution in [3.63, 3.8) is 0 Å². The fourth-order valence-electron chi connectivity index (χ4n) is 1.03. The number of hydrogen-bond acceptors (Lipinski definition) is 3. The quantitative estimate of drug-likeness (QED) is 0.799. The molecule has 0 aliphatic rings. The lowest BCUT2D eigenvalue weighted by Crippen LogP contribution is -2.26. The molecule has 0 saturated heterocycles. The van der Waals surface area contributed by atoms with E-state index in [0.29, 0.717) is 6.61 Å². The zero-order chi connectivity index (χ0) is 10.6. The van der Waals surface area contributed by atoms with Gasteiger partial charge in [-0.2, -0.15) is 0 Å². The topological polar surface area (TPSA) is 48.1 Å². The minimum absolute atomic E-state index is 0.0945. The van der Waals surface area contributed by atoms with Crippen LogP contribution in [0.1, 0.15) is 32.4 Å². The molecule has 78 valence electrons. The van der Waals surface area contributed by atoms with Crippen LogP contribution in [0.25, 0.3) is 0 Å². The molecule has 0 bridgehead atoms. The molecule has 0 amide bonds. The summed E-state index contributed by atoms with van der Waals surface area (Å²) in [6, 6.07) is 3.75. The van der Waals surface area contributed by atoms with Crippen molar-refractivity contribution in [3.05, 3.63) is 30.1 Å². The van der Waals surface area contributed by atoms with E-state index in [9.17, 15) is 0 Å². The minimum Gasteiger partial charge on any atom is -0.374 e. The standard InChI is InChI=1S/C11H18N2O/c1-11(2,3)14-8-10(12)9-5-4-6-13-7-9/h4-7,10H,8,12H2,1-3H3. The third-order valence-corrected chi connectivity index (χ3v) is 1.81. The molecule has 1 aromatic heterocycles. The number of rotatable bonds is 3. The van der Waals surface area contributed by atoms with E-state index in [1.807, 2.05) is 32.9 Å². The maximum Gasteiger partial charge on any atom is 0.0667 e. The Hall–Kier alpha value is -0.930. The molecule has 0 spiro atoms. The summed E-state index contributed by atoms with van der Waals surface area (Å²) in [7, 11) is 0. The molecule has 0 aliphatic heterocycles. The Balaban J connectivity index is 2.48. The average molecular weight is 194 g/mol. The second-order valence-corrected chi connectivity index (χ2v) is 4.32. The third-order valence-electron chi connectivity index (χ3n) is 1.81. The van der Waals surface area contributed by atoms with Gasteiger partial charge < -0.3 is 10.5 Å². The van der Waals surface area contributed by atoms with Crippen LogP contribution < -0.4 is 5.73 Å². The largest absolute Gasteiger partial charge is 0.374 e. The Morgan fingerprint density at radius 2 is 2.21 bits per heavy atom. The van der Waals surface area contributed by atoms with E-state index in [2.05, 4.69) is 4.98 Å². The molecule has 0 fully saturated rings. The van der Waals surface area contributed by atoms with Gasteiger partial charge in [0.15, 0.2) is 0 Å². The smallest absolute Gasteiger partial charge is 0.0667 e. The normalized spacial score (nSPS) is 14.0. The van der Waals surface area contributed by atoms with Crippen LogP contribution in [0.3, 0.4) is 0 Å². The maximum atomic E-state index is 5.94. The van der Waals surface area contributed by atoms with Crippen molar-refractivity contribution < 1.29 is 4.74 Å². The van der Waals surface area contributed by atoms with Crippen LogP contribution in [0.5, 0.6) is 0 Å². The highest BCUT2D eigenvalue weighted by Crippen LogP contribution is 2.13. The SMILES string of the molecule is CC(C)(C)OCC(N)c1cccnc1. The Morgan fingerprint density at radius 1 is 1.50 bits per heavy atom. The molecule has 14 heavy (non-hydrogen) atoms. The zero-order valence-electron chi connectivity index (χ0n) is 9.03. The molecule has 0 aliphatic carbocycles. The van der Waals surface area contributed by atoms with Crippen molar-refractivity contribution in [3.8, 4) is 0 Å². The van der Waals surface area contributed by atoms with E-state index in [1.54, 1.807) is 12.4 Å². The number of nitrogens with two attached hydrogens (primary N) is 1. The van der Waals surface area contributed by atoms with Crippen molar-refractivity contribution in [2.75, 3.05) is 6.61 Å². The van der Waals surface area contributed by atoms with Crippen molar-refractivity contribution >= 4 is 0 Å². The Labute approximate surface area is 85.3 Å². The Morgan fingerprint density at radius 3 is 2.71 bits per heavy atom. The highest BCUT2D eigenvalue weighted by molar-refractivity contribution is 5.13. The summed E-state index contributed by atoms with van der Waals surface area (Å²) in [5, 5.41) is 0. The summed E-state index contributed by atoms with van der Waals surface area (Å²) >= 11 is 0. The predicted molar refractivity (Wildman–Crippen MR) is 56.9 cm³/mol. The molecule has 0 aromatic carbocycles. The first-order valence-electron chi connectivity index (χ1n) is 4.78. The van der Waals surface area contributed by atoms with Gasteiger partial charge in [-0.05, 0) is 32.4 Å². The van der Waals surface area contributed by atoms with E-state index in [1.165, 1.54) is 0 Å². The first kappa shape index (κ1) is 11.1. The first-order valence-corrected chi connectivity index (χ1v) is 4.78. The van der Waals surface area contributed by atoms with Gasteiger partial charge in [-0.3, -0.25) is 4.98 Å². The number of hydrogen-bond donors (Lipinski definition) is 1. The summed E-state index contributed by atoms with van der Waals surface area (Å²) < 4.78 is 5.59. The minimum atomic E-state index is -0.139. The molecule has 3 nitrogen and oxygen atoms in total. The van der Waals surface area contributed by atoms with Crippen LogP contribution in [-0.4, -0.2) is 17.2 Å². The Bertz CT molecular complexity index is 266. The van der Waals surface area contributed by atoms with Crippen LogP contribution in [0.15, 0.2) is 24.5 Å². The van der Waals surface area contributed by atoms with Crippen molar-refractivity contribution in [2.45, 2.75) is 32.4 Å². The third kappa shape index (κ3) is 3.85. The van der Waals surface area contributed by atoms with Gasteiger partial charge in [0.25, 0.3) is 0 Å². The molecule has 2 N–H and O–H groups in total. The van der Waals surface area contributed by atoms with Crippen molar-refractivity contribution in [1.29, 1.82) is 0 Å². The first-order chi connectivity index (χ1) is 6.49. The van der Waals surface area contributed by atoms with Gasteiger partial charge in [0, 0.05) is 12.4 Å². The lowest BCUT2D eigenvalue weighted by atomic mass is 10.1. The molecule has 1 aromatic rings. The molecular weight excluding hydrogens is 176 g/mol. The molecule has 1 atom stereocenters. The summed E-state index contributed by atoms with van der Waals surface area (Å²) in [5.41, 5.74) is 6.81. The van der Waals surface area contributed by atoms with E-state index in [4.69, 9.17) is 10.5 Å². The lowest BCUT2D eigenvalue weighted by Gasteiger charge is -2.22. The summed E-state index contributed by atoms with van der Waals surface area (Å²) in [5.74, 6) is 0. The van der Waals surface area contributed by atoms with Gasteiger partial charge in [-0.25, -0.2) is 0 Å². The summed E-state index contributed by atoms with van der Waals surface area (Å²) in [6.07, 6.45) is 3.51. The maximum absolute atomic E-state index is 5.94. The second kappa shape index (κ2) is 4.53. The molecule has 1 heterocycles. The number of aromatic nitrogens is 1. The fraction of sp³-hybridized carbons (Fsp3) is 0.545. The van der Waals surface area contributed by atoms with Crippen LogP contribution in [0, 0.1) is 0 Å². The number of nitrogens with zero attached hydrogens (tertiary/aromatic N) is 1. The van der Waals surface area contributed by atoms with E-state index >= 15 is 0 Å². The van der Waals surface area contributed by atoms with Gasteiger partial charge in [-0.15, -0.1) is 0 Å². The fourth-order valence-corrected chi connectivity index (χ4v) is 1.03. The second-order valence-electron chi connectivity index (χ2n) is 4.32. The molecule has 1 rings (SSSR count). The van der Waals surface area contributed by atoms with Gasteiger partial charge in [-0.1, -0.05) is 6.07 Å². The van der Waals surface area contributed by atoms with E-state index in [0.717, 1.165) is 5.56 Å². The summed E-state index contributed by atoms with van der Waals surface area (Å²) in [6.45, 7) is 6.57. The highest BCUT2D eigenvalue weighted by Gasteiger charge is 2.13. The van der Waals surface area contributed by atoms with Crippen molar-refractivity contribution in [1.82, 2.24) is 4.98 Å². The highest BCUT2D eigenvalue weighted by atomic mass is 16.5. The number of ether oxygens (including phenoxy) is 1. The molecule has 1 unspecified atom stereocenters. The number of pyridine rings is 1. The predicted octanol–water partition coefficient (Wildman–Crippen LogP) is 1.90. The van der Waals surface area contributed by atoms with Gasteiger partial charge in [0.1, 0.15) is 0 Å². The van der Waals surface area contributed by atoms with Gasteiger partial charge in [0.05, 0.1) is 18.2 Å². The van der Waals surface area contributed by atoms with Gasteiger partial charge >= 0.3 is 0 Å². The molecule has 0 saturated carbocycles. The van der Waals surface area contributed by atoms with Crippen LogP contribution in [0.4, 0.5) is 0 Å². The van der Waals surface area contributed by atoms with Crippen LogP contribution in [0.2, 0.25) is 0 Å². The van der Waals surface area contributed by atoms with E-state index in [-0.39, 0.29) is 11.6 Å². The lowest BCUT2D eigenvalue weighted by molar-refractivity contribution is -0.0102. The van der Waals surface area contributed by atoms with Gasteiger partial charge in [0.2, 0.25) is 0 Å². The Kier molecular flexibility index (Phi) is 3.61. The molecule has 3 heteroatoms.